The molecule has 0 spiro atoms. The Kier molecular flexibility index (Phi) is 9.07. The molecule has 0 aromatic heterocycles. The predicted molar refractivity (Wildman–Crippen MR) is 122 cm³/mol. The van der Waals surface area contributed by atoms with Crippen LogP contribution in [0.3, 0.4) is 0 Å². The van der Waals surface area contributed by atoms with Gasteiger partial charge in [-0.1, -0.05) is 30.3 Å². The van der Waals surface area contributed by atoms with E-state index < -0.39 is 11.7 Å². The largest absolute Gasteiger partial charge is 0.496 e. The van der Waals surface area contributed by atoms with Gasteiger partial charge in [0, 0.05) is 30.8 Å². The summed E-state index contributed by atoms with van der Waals surface area (Å²) in [5.41, 5.74) is 1.70. The quantitative estimate of drug-likeness (QED) is 0.553. The second kappa shape index (κ2) is 11.7. The number of carbonyl (C=O) groups is 3. The van der Waals surface area contributed by atoms with Crippen LogP contribution in [0.2, 0.25) is 0 Å². The number of amides is 3. The number of hydrogen-bond acceptors (Lipinski definition) is 5. The first kappa shape index (κ1) is 24.7. The molecule has 0 heterocycles. The summed E-state index contributed by atoms with van der Waals surface area (Å²) in [7, 11) is 1.57. The Morgan fingerprint density at radius 1 is 0.938 bits per heavy atom. The molecule has 0 fully saturated rings. The van der Waals surface area contributed by atoms with E-state index in [1.165, 1.54) is 0 Å². The van der Waals surface area contributed by atoms with Crippen LogP contribution in [-0.2, 0) is 27.3 Å². The molecule has 8 heteroatoms. The van der Waals surface area contributed by atoms with Crippen molar-refractivity contribution in [2.75, 3.05) is 19.0 Å². The summed E-state index contributed by atoms with van der Waals surface area (Å²) in [6, 6.07) is 14.6. The lowest BCUT2D eigenvalue weighted by molar-refractivity contribution is -0.121. The molecule has 2 aromatic carbocycles. The Morgan fingerprint density at radius 3 is 2.41 bits per heavy atom. The predicted octanol–water partition coefficient (Wildman–Crippen LogP) is 3.41. The van der Waals surface area contributed by atoms with Crippen LogP contribution in [0.15, 0.2) is 48.5 Å². The fourth-order valence-electron chi connectivity index (χ4n) is 2.87. The monoisotopic (exact) mass is 441 g/mol. The zero-order chi connectivity index (χ0) is 23.6. The zero-order valence-electron chi connectivity index (χ0n) is 19.0. The summed E-state index contributed by atoms with van der Waals surface area (Å²) >= 11 is 0. The van der Waals surface area contributed by atoms with Gasteiger partial charge in [-0.05, 0) is 44.5 Å². The van der Waals surface area contributed by atoms with Gasteiger partial charge in [0.1, 0.15) is 11.4 Å². The molecule has 2 rings (SSSR count). The molecule has 3 N–H and O–H groups in total. The maximum absolute atomic E-state index is 12.4. The van der Waals surface area contributed by atoms with Crippen LogP contribution in [0.4, 0.5) is 10.5 Å². The molecular weight excluding hydrogens is 410 g/mol. The van der Waals surface area contributed by atoms with E-state index in [0.717, 1.165) is 11.1 Å². The van der Waals surface area contributed by atoms with Crippen LogP contribution in [-0.4, -0.2) is 37.2 Å². The molecule has 172 valence electrons. The van der Waals surface area contributed by atoms with Gasteiger partial charge < -0.3 is 25.4 Å². The van der Waals surface area contributed by atoms with E-state index in [-0.39, 0.29) is 31.2 Å². The van der Waals surface area contributed by atoms with Crippen LogP contribution in [0, 0.1) is 0 Å². The van der Waals surface area contributed by atoms with Gasteiger partial charge in [-0.15, -0.1) is 0 Å². The third kappa shape index (κ3) is 9.07. The van der Waals surface area contributed by atoms with Gasteiger partial charge >= 0.3 is 6.09 Å². The third-order valence-electron chi connectivity index (χ3n) is 4.26. The maximum atomic E-state index is 12.4. The minimum atomic E-state index is -0.583. The molecule has 0 unspecified atom stereocenters. The minimum Gasteiger partial charge on any atom is -0.496 e. The summed E-state index contributed by atoms with van der Waals surface area (Å²) < 4.78 is 10.4. The minimum absolute atomic E-state index is 0.134. The fraction of sp³-hybridized carbons (Fsp3) is 0.375. The van der Waals surface area contributed by atoms with Crippen molar-refractivity contribution in [2.45, 2.75) is 45.8 Å². The number of hydrogen-bond donors (Lipinski definition) is 3. The molecule has 8 nitrogen and oxygen atoms in total. The van der Waals surface area contributed by atoms with Gasteiger partial charge in [-0.2, -0.15) is 0 Å². The van der Waals surface area contributed by atoms with E-state index in [0.29, 0.717) is 18.0 Å². The van der Waals surface area contributed by atoms with Crippen molar-refractivity contribution in [3.05, 3.63) is 59.7 Å². The number of para-hydroxylation sites is 1. The number of carbonyl (C=O) groups excluding carboxylic acids is 3. The Bertz CT molecular complexity index is 937. The molecule has 0 aliphatic heterocycles. The molecule has 2 aromatic rings. The number of rotatable bonds is 9. The molecule has 0 radical (unpaired) electrons. The molecule has 0 aliphatic carbocycles. The first-order valence-electron chi connectivity index (χ1n) is 10.4. The lowest BCUT2D eigenvalue weighted by Gasteiger charge is -2.19. The smallest absolute Gasteiger partial charge is 0.407 e. The maximum Gasteiger partial charge on any atom is 0.407 e. The average molecular weight is 442 g/mol. The zero-order valence-corrected chi connectivity index (χ0v) is 19.0. The Morgan fingerprint density at radius 2 is 1.69 bits per heavy atom. The van der Waals surface area contributed by atoms with Gasteiger partial charge in [-0.25, -0.2) is 4.79 Å². The Labute approximate surface area is 188 Å². The SMILES string of the molecule is COc1ccccc1CC(=O)Nc1cccc(CNC(=O)CCNC(=O)OC(C)(C)C)c1. The third-order valence-corrected chi connectivity index (χ3v) is 4.26. The molecule has 0 atom stereocenters. The lowest BCUT2D eigenvalue weighted by atomic mass is 10.1. The van der Waals surface area contributed by atoms with Crippen molar-refractivity contribution in [1.29, 1.82) is 0 Å². The molecule has 0 bridgehead atoms. The average Bonchev–Trinajstić information content (AvgIpc) is 2.71. The van der Waals surface area contributed by atoms with E-state index in [1.807, 2.05) is 36.4 Å². The van der Waals surface area contributed by atoms with Gasteiger partial charge in [0.15, 0.2) is 0 Å². The number of alkyl carbamates (subject to hydrolysis) is 1. The molecule has 0 saturated heterocycles. The number of methoxy groups -OCH3 is 1. The lowest BCUT2D eigenvalue weighted by Crippen LogP contribution is -2.35. The first-order chi connectivity index (χ1) is 15.2. The number of benzene rings is 2. The van der Waals surface area contributed by atoms with Crippen molar-refractivity contribution in [2.24, 2.45) is 0 Å². The van der Waals surface area contributed by atoms with Gasteiger partial charge in [0.25, 0.3) is 0 Å². The highest BCUT2D eigenvalue weighted by atomic mass is 16.6. The van der Waals surface area contributed by atoms with Crippen LogP contribution in [0.25, 0.3) is 0 Å². The summed E-state index contributed by atoms with van der Waals surface area (Å²) in [5.74, 6) is 0.302. The standard InChI is InChI=1S/C24H31N3O5/c1-24(2,3)32-23(30)25-13-12-21(28)26-16-17-8-7-10-19(14-17)27-22(29)15-18-9-5-6-11-20(18)31-4/h5-11,14H,12-13,15-16H2,1-4H3,(H,25,30)(H,26,28)(H,27,29). The Hall–Kier alpha value is -3.55. The van der Waals surface area contributed by atoms with E-state index >= 15 is 0 Å². The van der Waals surface area contributed by atoms with Gasteiger partial charge in [0.2, 0.25) is 11.8 Å². The van der Waals surface area contributed by atoms with E-state index in [9.17, 15) is 14.4 Å². The number of anilines is 1. The van der Waals surface area contributed by atoms with Crippen LogP contribution >= 0.6 is 0 Å². The second-order valence-electron chi connectivity index (χ2n) is 8.19. The molecule has 0 aliphatic rings. The van der Waals surface area contributed by atoms with Crippen LogP contribution in [0.1, 0.15) is 38.3 Å². The number of ether oxygens (including phenoxy) is 2. The highest BCUT2D eigenvalue weighted by Crippen LogP contribution is 2.19. The van der Waals surface area contributed by atoms with Crippen molar-refractivity contribution >= 4 is 23.6 Å². The molecule has 32 heavy (non-hydrogen) atoms. The van der Waals surface area contributed by atoms with Crippen molar-refractivity contribution in [3.8, 4) is 5.75 Å². The van der Waals surface area contributed by atoms with E-state index in [4.69, 9.17) is 9.47 Å². The van der Waals surface area contributed by atoms with Crippen molar-refractivity contribution in [1.82, 2.24) is 10.6 Å². The fourth-order valence-corrected chi connectivity index (χ4v) is 2.87. The molecule has 3 amide bonds. The van der Waals surface area contributed by atoms with E-state index in [1.54, 1.807) is 40.0 Å². The van der Waals surface area contributed by atoms with Gasteiger partial charge in [0.05, 0.1) is 13.5 Å². The highest BCUT2D eigenvalue weighted by Gasteiger charge is 2.16. The van der Waals surface area contributed by atoms with Crippen molar-refractivity contribution in [3.63, 3.8) is 0 Å². The van der Waals surface area contributed by atoms with E-state index in [2.05, 4.69) is 16.0 Å². The van der Waals surface area contributed by atoms with Crippen molar-refractivity contribution < 1.29 is 23.9 Å². The Balaban J connectivity index is 1.78. The second-order valence-corrected chi connectivity index (χ2v) is 8.19. The van der Waals surface area contributed by atoms with Gasteiger partial charge in [-0.3, -0.25) is 9.59 Å². The molecule has 0 saturated carbocycles. The van der Waals surface area contributed by atoms with Crippen LogP contribution < -0.4 is 20.7 Å². The highest BCUT2D eigenvalue weighted by molar-refractivity contribution is 5.92. The first-order valence-corrected chi connectivity index (χ1v) is 10.4. The summed E-state index contributed by atoms with van der Waals surface area (Å²) in [5, 5.41) is 8.21. The summed E-state index contributed by atoms with van der Waals surface area (Å²) in [6.07, 6.45) is -0.230. The summed E-state index contributed by atoms with van der Waals surface area (Å²) in [4.78, 5) is 36.0. The topological polar surface area (TPSA) is 106 Å². The normalized spacial score (nSPS) is 10.8. The summed E-state index contributed by atoms with van der Waals surface area (Å²) in [6.45, 7) is 5.80. The molecular formula is C24H31N3O5. The number of nitrogens with one attached hydrogen (secondary N) is 3. The van der Waals surface area contributed by atoms with Crippen LogP contribution in [0.5, 0.6) is 5.75 Å².